The van der Waals surface area contributed by atoms with E-state index in [0.717, 1.165) is 47.2 Å². The van der Waals surface area contributed by atoms with E-state index in [4.69, 9.17) is 9.72 Å². The number of amides is 1. The van der Waals surface area contributed by atoms with Crippen LogP contribution in [0.2, 0.25) is 0 Å². The highest BCUT2D eigenvalue weighted by Crippen LogP contribution is 2.33. The molecular weight excluding hydrogens is 515 g/mol. The summed E-state index contributed by atoms with van der Waals surface area (Å²) in [6.07, 6.45) is 6.66. The molecule has 7 nitrogen and oxygen atoms in total. The van der Waals surface area contributed by atoms with Crippen LogP contribution >= 0.6 is 23.1 Å². The van der Waals surface area contributed by atoms with Crippen molar-refractivity contribution in [1.29, 1.82) is 0 Å². The van der Waals surface area contributed by atoms with Gasteiger partial charge >= 0.3 is 0 Å². The normalized spacial score (nSPS) is 21.2. The van der Waals surface area contributed by atoms with Crippen molar-refractivity contribution in [2.75, 3.05) is 30.9 Å². The topological polar surface area (TPSA) is 79.8 Å². The van der Waals surface area contributed by atoms with Crippen LogP contribution in [0.15, 0.2) is 52.3 Å². The number of hydrogen-bond acceptors (Lipinski definition) is 7. The van der Waals surface area contributed by atoms with Crippen molar-refractivity contribution in [3.8, 4) is 0 Å². The van der Waals surface area contributed by atoms with E-state index in [1.165, 1.54) is 11.3 Å². The SMILES string of the molecule is CSc1ccc2nc(N(CC3CCCO3)C(=O)c3ccc(S(=O)(=O)N4CCCCC4C)cc3)sc2c1. The van der Waals surface area contributed by atoms with Crippen LogP contribution in [0.1, 0.15) is 49.4 Å². The molecule has 2 aromatic carbocycles. The number of fused-ring (bicyclic) bond motifs is 1. The highest BCUT2D eigenvalue weighted by molar-refractivity contribution is 7.98. The van der Waals surface area contributed by atoms with E-state index in [2.05, 4.69) is 6.07 Å². The average molecular weight is 546 g/mol. The number of sulfonamides is 1. The molecule has 1 amide bonds. The van der Waals surface area contributed by atoms with E-state index in [1.54, 1.807) is 45.2 Å². The highest BCUT2D eigenvalue weighted by Gasteiger charge is 2.32. The summed E-state index contributed by atoms with van der Waals surface area (Å²) < 4.78 is 34.9. The molecule has 2 fully saturated rings. The third-order valence-corrected chi connectivity index (χ3v) is 10.7. The first-order chi connectivity index (χ1) is 17.4. The van der Waals surface area contributed by atoms with E-state index >= 15 is 0 Å². The fourth-order valence-corrected chi connectivity index (χ4v) is 8.09. The lowest BCUT2D eigenvalue weighted by Crippen LogP contribution is -2.42. The first kappa shape index (κ1) is 25.7. The monoisotopic (exact) mass is 545 g/mol. The van der Waals surface area contributed by atoms with Gasteiger partial charge in [-0.25, -0.2) is 13.4 Å². The second kappa shape index (κ2) is 10.8. The minimum Gasteiger partial charge on any atom is -0.376 e. The number of ether oxygens (including phenoxy) is 1. The number of nitrogens with zero attached hydrogens (tertiary/aromatic N) is 3. The van der Waals surface area contributed by atoms with Gasteiger partial charge < -0.3 is 4.74 Å². The summed E-state index contributed by atoms with van der Waals surface area (Å²) in [4.78, 5) is 21.5. The van der Waals surface area contributed by atoms with Crippen molar-refractivity contribution in [2.24, 2.45) is 0 Å². The molecule has 0 spiro atoms. The number of benzene rings is 2. The number of thioether (sulfide) groups is 1. The van der Waals surface area contributed by atoms with Crippen LogP contribution in [-0.2, 0) is 14.8 Å². The largest absolute Gasteiger partial charge is 0.376 e. The number of carbonyl (C=O) groups is 1. The average Bonchev–Trinajstić information content (AvgIpc) is 3.56. The Morgan fingerprint density at radius 3 is 2.67 bits per heavy atom. The minimum atomic E-state index is -3.59. The number of hydrogen-bond donors (Lipinski definition) is 0. The number of rotatable bonds is 7. The smallest absolute Gasteiger partial charge is 0.260 e. The first-order valence-electron chi connectivity index (χ1n) is 12.4. The van der Waals surface area contributed by atoms with E-state index in [1.807, 2.05) is 25.3 Å². The molecule has 3 heterocycles. The van der Waals surface area contributed by atoms with Crippen LogP contribution in [0.5, 0.6) is 0 Å². The number of aromatic nitrogens is 1. The van der Waals surface area contributed by atoms with Crippen LogP contribution in [0.3, 0.4) is 0 Å². The standard InChI is InChI=1S/C26H31N3O4S3/c1-18-6-3-4-14-29(18)36(31,32)22-11-8-19(9-12-22)25(30)28(17-20-7-5-15-33-20)26-27-23-13-10-21(34-2)16-24(23)35-26/h8-13,16,18,20H,3-7,14-15,17H2,1-2H3. The van der Waals surface area contributed by atoms with Crippen molar-refractivity contribution in [3.63, 3.8) is 0 Å². The molecule has 36 heavy (non-hydrogen) atoms. The summed E-state index contributed by atoms with van der Waals surface area (Å²) in [5, 5.41) is 0.627. The zero-order chi connectivity index (χ0) is 25.3. The summed E-state index contributed by atoms with van der Waals surface area (Å²) in [5.41, 5.74) is 1.29. The Bertz CT molecular complexity index is 1330. The Labute approximate surface area is 220 Å². The van der Waals surface area contributed by atoms with E-state index in [9.17, 15) is 13.2 Å². The highest BCUT2D eigenvalue weighted by atomic mass is 32.2. The van der Waals surface area contributed by atoms with Gasteiger partial charge in [0.05, 0.1) is 27.8 Å². The molecule has 0 saturated carbocycles. The second-order valence-electron chi connectivity index (χ2n) is 9.37. The summed E-state index contributed by atoms with van der Waals surface area (Å²) in [6, 6.07) is 12.4. The van der Waals surface area contributed by atoms with Crippen LogP contribution in [-0.4, -0.2) is 61.7 Å². The fraction of sp³-hybridized carbons (Fsp3) is 0.462. The molecule has 0 bridgehead atoms. The number of carbonyl (C=O) groups excluding carboxylic acids is 1. The molecule has 2 saturated heterocycles. The molecule has 1 aromatic heterocycles. The van der Waals surface area contributed by atoms with Crippen LogP contribution in [0.25, 0.3) is 10.2 Å². The molecule has 192 valence electrons. The number of piperidine rings is 1. The lowest BCUT2D eigenvalue weighted by molar-refractivity contribution is 0.0917. The van der Waals surface area contributed by atoms with Gasteiger partial charge in [0, 0.05) is 29.7 Å². The fourth-order valence-electron chi connectivity index (χ4n) is 4.86. The zero-order valence-electron chi connectivity index (χ0n) is 20.6. The van der Waals surface area contributed by atoms with Crippen LogP contribution in [0.4, 0.5) is 5.13 Å². The maximum absolute atomic E-state index is 13.7. The Hall–Kier alpha value is -1.98. The quantitative estimate of drug-likeness (QED) is 0.370. The Morgan fingerprint density at radius 2 is 1.97 bits per heavy atom. The summed E-state index contributed by atoms with van der Waals surface area (Å²) >= 11 is 3.16. The second-order valence-corrected chi connectivity index (χ2v) is 13.1. The molecule has 2 unspecified atom stereocenters. The molecule has 2 aliphatic rings. The molecular formula is C26H31N3O4S3. The predicted octanol–water partition coefficient (Wildman–Crippen LogP) is 5.41. The predicted molar refractivity (Wildman–Crippen MR) is 146 cm³/mol. The molecule has 2 atom stereocenters. The van der Waals surface area contributed by atoms with Gasteiger partial charge in [-0.05, 0) is 81.3 Å². The summed E-state index contributed by atoms with van der Waals surface area (Å²) in [7, 11) is -3.59. The number of anilines is 1. The van der Waals surface area contributed by atoms with Crippen molar-refractivity contribution < 1.29 is 17.9 Å². The van der Waals surface area contributed by atoms with Crippen molar-refractivity contribution in [1.82, 2.24) is 9.29 Å². The van der Waals surface area contributed by atoms with Crippen LogP contribution in [0, 0.1) is 0 Å². The van der Waals surface area contributed by atoms with Gasteiger partial charge in [0.15, 0.2) is 5.13 Å². The molecule has 2 aliphatic heterocycles. The Morgan fingerprint density at radius 1 is 1.17 bits per heavy atom. The van der Waals surface area contributed by atoms with Crippen molar-refractivity contribution in [2.45, 2.75) is 61.0 Å². The van der Waals surface area contributed by atoms with Gasteiger partial charge in [0.2, 0.25) is 10.0 Å². The third-order valence-electron chi connectivity index (χ3n) is 6.92. The van der Waals surface area contributed by atoms with Crippen molar-refractivity contribution >= 4 is 54.4 Å². The lowest BCUT2D eigenvalue weighted by Gasteiger charge is -2.32. The van der Waals surface area contributed by atoms with Crippen LogP contribution < -0.4 is 4.90 Å². The van der Waals surface area contributed by atoms with Gasteiger partial charge in [-0.15, -0.1) is 11.8 Å². The van der Waals surface area contributed by atoms with Gasteiger partial charge in [-0.2, -0.15) is 4.31 Å². The van der Waals surface area contributed by atoms with Gasteiger partial charge in [-0.1, -0.05) is 17.8 Å². The molecule has 5 rings (SSSR count). The molecule has 0 N–H and O–H groups in total. The number of thiazole rings is 1. The molecule has 0 radical (unpaired) electrons. The third kappa shape index (κ3) is 5.19. The van der Waals surface area contributed by atoms with E-state index in [0.29, 0.717) is 30.4 Å². The molecule has 10 heteroatoms. The summed E-state index contributed by atoms with van der Waals surface area (Å²) in [6.45, 7) is 3.61. The zero-order valence-corrected chi connectivity index (χ0v) is 23.0. The Balaban J connectivity index is 1.43. The van der Waals surface area contributed by atoms with E-state index < -0.39 is 10.0 Å². The van der Waals surface area contributed by atoms with E-state index in [-0.39, 0.29) is 22.9 Å². The van der Waals surface area contributed by atoms with Gasteiger partial charge in [0.25, 0.3) is 5.91 Å². The van der Waals surface area contributed by atoms with Gasteiger partial charge in [0.1, 0.15) is 0 Å². The van der Waals surface area contributed by atoms with Gasteiger partial charge in [-0.3, -0.25) is 9.69 Å². The molecule has 0 aliphatic carbocycles. The maximum Gasteiger partial charge on any atom is 0.260 e. The van der Waals surface area contributed by atoms with Crippen molar-refractivity contribution in [3.05, 3.63) is 48.0 Å². The molecule has 3 aromatic rings. The minimum absolute atomic E-state index is 0.0161. The summed E-state index contributed by atoms with van der Waals surface area (Å²) in [5.74, 6) is -0.204. The maximum atomic E-state index is 13.7. The lowest BCUT2D eigenvalue weighted by atomic mass is 10.1. The Kier molecular flexibility index (Phi) is 7.69. The first-order valence-corrected chi connectivity index (χ1v) is 15.8.